The molecule has 1 unspecified atom stereocenters. The summed E-state index contributed by atoms with van der Waals surface area (Å²) in [6, 6.07) is 7.49. The van der Waals surface area contributed by atoms with Gasteiger partial charge in [-0.05, 0) is 31.9 Å². The van der Waals surface area contributed by atoms with E-state index in [1.807, 2.05) is 31.2 Å². The Morgan fingerprint density at radius 2 is 2.15 bits per heavy atom. The minimum atomic E-state index is -3.54. The van der Waals surface area contributed by atoms with Crippen LogP contribution >= 0.6 is 0 Å². The van der Waals surface area contributed by atoms with Crippen LogP contribution in [0.4, 0.5) is 5.95 Å². The van der Waals surface area contributed by atoms with Gasteiger partial charge in [0.2, 0.25) is 5.95 Å². The fourth-order valence-corrected chi connectivity index (χ4v) is 4.02. The van der Waals surface area contributed by atoms with E-state index in [1.54, 1.807) is 0 Å². The van der Waals surface area contributed by atoms with Crippen molar-refractivity contribution in [3.8, 4) is 0 Å². The van der Waals surface area contributed by atoms with E-state index < -0.39 is 10.2 Å². The standard InChI is InChI=1S/C13H18N4O2S/c1-10-6-4-5-9-17(10)20(18,19)16-13-14-11-7-2-3-8-12(11)15-13/h2-3,7-8,10H,4-6,9H2,1H3,(H2,14,15,16). The number of hydrogen-bond donors (Lipinski definition) is 2. The van der Waals surface area contributed by atoms with E-state index in [1.165, 1.54) is 4.31 Å². The summed E-state index contributed by atoms with van der Waals surface area (Å²) >= 11 is 0. The molecule has 1 fully saturated rings. The van der Waals surface area contributed by atoms with Crippen molar-refractivity contribution in [2.24, 2.45) is 0 Å². The second kappa shape index (κ2) is 5.06. The van der Waals surface area contributed by atoms with Gasteiger partial charge >= 0.3 is 10.2 Å². The van der Waals surface area contributed by atoms with Crippen LogP contribution in [0.5, 0.6) is 0 Å². The number of fused-ring (bicyclic) bond motifs is 1. The van der Waals surface area contributed by atoms with Gasteiger partial charge < -0.3 is 4.98 Å². The molecule has 1 atom stereocenters. The van der Waals surface area contributed by atoms with Crippen molar-refractivity contribution in [3.63, 3.8) is 0 Å². The van der Waals surface area contributed by atoms with Crippen LogP contribution in [0, 0.1) is 0 Å². The van der Waals surface area contributed by atoms with Gasteiger partial charge in [-0.25, -0.2) is 9.71 Å². The van der Waals surface area contributed by atoms with E-state index in [4.69, 9.17) is 0 Å². The van der Waals surface area contributed by atoms with E-state index in [-0.39, 0.29) is 12.0 Å². The molecule has 0 bridgehead atoms. The summed E-state index contributed by atoms with van der Waals surface area (Å²) in [5.41, 5.74) is 1.56. The quantitative estimate of drug-likeness (QED) is 0.910. The highest BCUT2D eigenvalue weighted by Gasteiger charge is 2.30. The van der Waals surface area contributed by atoms with Crippen molar-refractivity contribution in [1.82, 2.24) is 14.3 Å². The van der Waals surface area contributed by atoms with Crippen LogP contribution in [0.15, 0.2) is 24.3 Å². The van der Waals surface area contributed by atoms with Gasteiger partial charge in [0.05, 0.1) is 11.0 Å². The van der Waals surface area contributed by atoms with Crippen LogP contribution in [-0.4, -0.2) is 35.3 Å². The van der Waals surface area contributed by atoms with Gasteiger partial charge in [0.1, 0.15) is 0 Å². The Kier molecular flexibility index (Phi) is 3.39. The second-order valence-corrected chi connectivity index (χ2v) is 6.79. The van der Waals surface area contributed by atoms with Gasteiger partial charge in [-0.1, -0.05) is 18.6 Å². The van der Waals surface area contributed by atoms with Gasteiger partial charge in [-0.15, -0.1) is 0 Å². The first kappa shape index (κ1) is 13.4. The van der Waals surface area contributed by atoms with Crippen LogP contribution in [0.1, 0.15) is 26.2 Å². The molecule has 2 heterocycles. The third kappa shape index (κ3) is 2.51. The minimum Gasteiger partial charge on any atom is -0.323 e. The molecule has 3 rings (SSSR count). The minimum absolute atomic E-state index is 0.0330. The normalized spacial score (nSPS) is 21.1. The fourth-order valence-electron chi connectivity index (χ4n) is 2.61. The molecule has 0 aliphatic carbocycles. The predicted octanol–water partition coefficient (Wildman–Crippen LogP) is 2.09. The van der Waals surface area contributed by atoms with Crippen LogP contribution in [-0.2, 0) is 10.2 Å². The van der Waals surface area contributed by atoms with Crippen LogP contribution in [0.2, 0.25) is 0 Å². The SMILES string of the molecule is CC1CCCCN1S(=O)(=O)Nc1nc2ccccc2[nH]1. The third-order valence-corrected chi connectivity index (χ3v) is 5.28. The molecule has 1 aliphatic rings. The number of H-pyrrole nitrogens is 1. The molecule has 0 saturated carbocycles. The molecule has 0 amide bonds. The number of imidazole rings is 1. The van der Waals surface area contributed by atoms with E-state index in [0.29, 0.717) is 6.54 Å². The number of benzene rings is 1. The number of piperidine rings is 1. The summed E-state index contributed by atoms with van der Waals surface area (Å²) in [6.45, 7) is 2.51. The molecule has 1 saturated heterocycles. The van der Waals surface area contributed by atoms with Crippen LogP contribution < -0.4 is 4.72 Å². The van der Waals surface area contributed by atoms with E-state index in [0.717, 1.165) is 30.3 Å². The molecular formula is C13H18N4O2S. The Bertz CT molecular complexity index is 677. The highest BCUT2D eigenvalue weighted by Crippen LogP contribution is 2.21. The lowest BCUT2D eigenvalue weighted by molar-refractivity contribution is 0.270. The highest BCUT2D eigenvalue weighted by molar-refractivity contribution is 7.90. The van der Waals surface area contributed by atoms with Gasteiger partial charge in [-0.2, -0.15) is 12.7 Å². The van der Waals surface area contributed by atoms with Crippen LogP contribution in [0.25, 0.3) is 11.0 Å². The summed E-state index contributed by atoms with van der Waals surface area (Å²) in [4.78, 5) is 7.22. The smallest absolute Gasteiger partial charge is 0.304 e. The van der Waals surface area contributed by atoms with Crippen molar-refractivity contribution >= 4 is 27.2 Å². The van der Waals surface area contributed by atoms with Gasteiger partial charge in [0.15, 0.2) is 0 Å². The predicted molar refractivity (Wildman–Crippen MR) is 78.7 cm³/mol. The van der Waals surface area contributed by atoms with Crippen molar-refractivity contribution in [3.05, 3.63) is 24.3 Å². The number of aromatic nitrogens is 2. The van der Waals surface area contributed by atoms with E-state index >= 15 is 0 Å². The fraction of sp³-hybridized carbons (Fsp3) is 0.462. The lowest BCUT2D eigenvalue weighted by atomic mass is 10.1. The van der Waals surface area contributed by atoms with Crippen LogP contribution in [0.3, 0.4) is 0 Å². The number of nitrogens with one attached hydrogen (secondary N) is 2. The summed E-state index contributed by atoms with van der Waals surface area (Å²) in [5.74, 6) is 0.268. The number of anilines is 1. The Morgan fingerprint density at radius 3 is 2.90 bits per heavy atom. The van der Waals surface area contributed by atoms with Crippen molar-refractivity contribution in [1.29, 1.82) is 0 Å². The summed E-state index contributed by atoms with van der Waals surface area (Å²) in [6.07, 6.45) is 2.89. The Hall–Kier alpha value is -1.60. The molecule has 0 spiro atoms. The average Bonchev–Trinajstić information content (AvgIpc) is 2.80. The van der Waals surface area contributed by atoms with E-state index in [9.17, 15) is 8.42 Å². The number of hydrogen-bond acceptors (Lipinski definition) is 3. The summed E-state index contributed by atoms with van der Waals surface area (Å²) < 4.78 is 28.9. The molecule has 2 N–H and O–H groups in total. The highest BCUT2D eigenvalue weighted by atomic mass is 32.2. The maximum atomic E-state index is 12.4. The zero-order chi connectivity index (χ0) is 14.2. The number of nitrogens with zero attached hydrogens (tertiary/aromatic N) is 2. The lowest BCUT2D eigenvalue weighted by Gasteiger charge is -2.31. The molecule has 0 radical (unpaired) electrons. The molecular weight excluding hydrogens is 276 g/mol. The third-order valence-electron chi connectivity index (χ3n) is 3.67. The first-order valence-corrected chi connectivity index (χ1v) is 8.24. The number of rotatable bonds is 3. The zero-order valence-electron chi connectivity index (χ0n) is 11.3. The van der Waals surface area contributed by atoms with Crippen molar-refractivity contribution in [2.45, 2.75) is 32.2 Å². The van der Waals surface area contributed by atoms with Gasteiger partial charge in [0.25, 0.3) is 0 Å². The molecule has 6 nitrogen and oxygen atoms in total. The first-order valence-electron chi connectivity index (χ1n) is 6.80. The number of aromatic amines is 1. The maximum absolute atomic E-state index is 12.4. The molecule has 2 aromatic rings. The molecule has 108 valence electrons. The topological polar surface area (TPSA) is 78.1 Å². The Labute approximate surface area is 118 Å². The summed E-state index contributed by atoms with van der Waals surface area (Å²) in [7, 11) is -3.54. The van der Waals surface area contributed by atoms with E-state index in [2.05, 4.69) is 14.7 Å². The van der Waals surface area contributed by atoms with Crippen molar-refractivity contribution in [2.75, 3.05) is 11.3 Å². The molecule has 1 aliphatic heterocycles. The average molecular weight is 294 g/mol. The second-order valence-electron chi connectivity index (χ2n) is 5.17. The van der Waals surface area contributed by atoms with Crippen molar-refractivity contribution < 1.29 is 8.42 Å². The molecule has 1 aromatic carbocycles. The Morgan fingerprint density at radius 1 is 1.35 bits per heavy atom. The first-order chi connectivity index (χ1) is 9.56. The molecule has 20 heavy (non-hydrogen) atoms. The molecule has 7 heteroatoms. The molecule has 1 aromatic heterocycles. The maximum Gasteiger partial charge on any atom is 0.304 e. The summed E-state index contributed by atoms with van der Waals surface area (Å²) in [5, 5.41) is 0. The van der Waals surface area contributed by atoms with Gasteiger partial charge in [-0.3, -0.25) is 0 Å². The number of para-hydroxylation sites is 2. The zero-order valence-corrected chi connectivity index (χ0v) is 12.2. The Balaban J connectivity index is 1.85. The largest absolute Gasteiger partial charge is 0.323 e. The lowest BCUT2D eigenvalue weighted by Crippen LogP contribution is -2.44. The monoisotopic (exact) mass is 294 g/mol. The van der Waals surface area contributed by atoms with Gasteiger partial charge in [0, 0.05) is 12.6 Å².